The van der Waals surface area contributed by atoms with Crippen molar-refractivity contribution in [3.05, 3.63) is 60.2 Å². The zero-order valence-corrected chi connectivity index (χ0v) is 10.9. The number of aliphatic hydroxyl groups excluding tert-OH is 1. The molecule has 2 heteroatoms. The Kier molecular flexibility index (Phi) is 4.30. The maximum absolute atomic E-state index is 9.21. The minimum Gasteiger partial charge on any atom is -0.389 e. The van der Waals surface area contributed by atoms with Crippen LogP contribution in [0.5, 0.6) is 0 Å². The van der Waals surface area contributed by atoms with E-state index in [1.165, 1.54) is 16.7 Å². The van der Waals surface area contributed by atoms with E-state index in [-0.39, 0.29) is 5.85 Å². The van der Waals surface area contributed by atoms with Crippen LogP contribution in [-0.4, -0.2) is 11.0 Å². The number of aryl methyl sites for hydroxylation is 1. The molecule has 2 aromatic carbocycles. The van der Waals surface area contributed by atoms with E-state index in [0.29, 0.717) is 0 Å². The second kappa shape index (κ2) is 5.95. The number of benzene rings is 2. The summed E-state index contributed by atoms with van der Waals surface area (Å²) in [5.74, 6) is -0.302. The van der Waals surface area contributed by atoms with Crippen LogP contribution in [0.3, 0.4) is 0 Å². The van der Waals surface area contributed by atoms with Gasteiger partial charge in [0.2, 0.25) is 0 Å². The smallest absolute Gasteiger partial charge is 0.0677 e. The standard InChI is InChI=1S/C15H17OP/c16-15(17)11-8-12-6-9-14(10-7-12)13-4-2-1-3-5-13/h1-7,9-10,15-16H,8,11,17H2. The zero-order valence-electron chi connectivity index (χ0n) is 9.71. The van der Waals surface area contributed by atoms with Gasteiger partial charge in [-0.25, -0.2) is 0 Å². The first-order chi connectivity index (χ1) is 8.25. The molecule has 0 spiro atoms. The van der Waals surface area contributed by atoms with Crippen molar-refractivity contribution in [2.45, 2.75) is 18.7 Å². The lowest BCUT2D eigenvalue weighted by Crippen LogP contribution is -1.97. The molecule has 88 valence electrons. The number of rotatable bonds is 4. The van der Waals surface area contributed by atoms with Crippen molar-refractivity contribution in [2.75, 3.05) is 0 Å². The summed E-state index contributed by atoms with van der Waals surface area (Å²) in [7, 11) is 2.41. The molecule has 0 aromatic heterocycles. The average molecular weight is 244 g/mol. The van der Waals surface area contributed by atoms with E-state index >= 15 is 0 Å². The molecule has 17 heavy (non-hydrogen) atoms. The Balaban J connectivity index is 2.08. The van der Waals surface area contributed by atoms with Crippen molar-refractivity contribution in [1.82, 2.24) is 0 Å². The van der Waals surface area contributed by atoms with E-state index in [1.54, 1.807) is 0 Å². The van der Waals surface area contributed by atoms with Crippen molar-refractivity contribution in [1.29, 1.82) is 0 Å². The summed E-state index contributed by atoms with van der Waals surface area (Å²) in [6, 6.07) is 18.9. The molecule has 1 nitrogen and oxygen atoms in total. The van der Waals surface area contributed by atoms with Crippen LogP contribution in [0.4, 0.5) is 0 Å². The van der Waals surface area contributed by atoms with E-state index in [9.17, 15) is 5.11 Å². The van der Waals surface area contributed by atoms with E-state index in [4.69, 9.17) is 0 Å². The molecule has 2 aromatic rings. The lowest BCUT2D eigenvalue weighted by Gasteiger charge is -2.06. The van der Waals surface area contributed by atoms with Gasteiger partial charge in [-0.15, -0.1) is 9.24 Å². The molecule has 0 aliphatic heterocycles. The fourth-order valence-corrected chi connectivity index (χ4v) is 1.98. The Bertz CT molecular complexity index is 448. The molecule has 0 fully saturated rings. The molecule has 0 aliphatic rings. The van der Waals surface area contributed by atoms with Gasteiger partial charge in [0, 0.05) is 0 Å². The van der Waals surface area contributed by atoms with Crippen LogP contribution in [0.25, 0.3) is 11.1 Å². The first kappa shape index (κ1) is 12.3. The fourth-order valence-electron chi connectivity index (χ4n) is 1.81. The van der Waals surface area contributed by atoms with Crippen LogP contribution in [0.2, 0.25) is 0 Å². The average Bonchev–Trinajstić information content (AvgIpc) is 2.38. The quantitative estimate of drug-likeness (QED) is 0.816. The summed E-state index contributed by atoms with van der Waals surface area (Å²) in [4.78, 5) is 0. The molecule has 1 N–H and O–H groups in total. The predicted molar refractivity (Wildman–Crippen MR) is 75.9 cm³/mol. The van der Waals surface area contributed by atoms with E-state index in [1.807, 2.05) is 18.2 Å². The van der Waals surface area contributed by atoms with Crippen LogP contribution < -0.4 is 0 Å². The molecule has 2 atom stereocenters. The van der Waals surface area contributed by atoms with Gasteiger partial charge in [-0.2, -0.15) is 0 Å². The van der Waals surface area contributed by atoms with Crippen molar-refractivity contribution >= 4 is 9.24 Å². The summed E-state index contributed by atoms with van der Waals surface area (Å²) in [5.41, 5.74) is 3.75. The fraction of sp³-hybridized carbons (Fsp3) is 0.200. The van der Waals surface area contributed by atoms with Gasteiger partial charge >= 0.3 is 0 Å². The van der Waals surface area contributed by atoms with Gasteiger partial charge in [0.15, 0.2) is 0 Å². The van der Waals surface area contributed by atoms with Crippen LogP contribution in [0, 0.1) is 0 Å². The van der Waals surface area contributed by atoms with Gasteiger partial charge < -0.3 is 5.11 Å². The Hall–Kier alpha value is -1.17. The second-order valence-electron chi connectivity index (χ2n) is 4.17. The van der Waals surface area contributed by atoms with Gasteiger partial charge in [0.05, 0.1) is 5.85 Å². The molecular formula is C15H17OP. The van der Waals surface area contributed by atoms with E-state index in [0.717, 1.165) is 12.8 Å². The highest BCUT2D eigenvalue weighted by molar-refractivity contribution is 7.17. The molecule has 2 rings (SSSR count). The molecule has 0 amide bonds. The maximum atomic E-state index is 9.21. The summed E-state index contributed by atoms with van der Waals surface area (Å²) in [6.07, 6.45) is 1.70. The lowest BCUT2D eigenvalue weighted by molar-refractivity contribution is 0.252. The Morgan fingerprint density at radius 1 is 0.882 bits per heavy atom. The van der Waals surface area contributed by atoms with Crippen molar-refractivity contribution < 1.29 is 5.11 Å². The first-order valence-corrected chi connectivity index (χ1v) is 6.50. The van der Waals surface area contributed by atoms with Gasteiger partial charge in [-0.05, 0) is 29.5 Å². The molecule has 0 bridgehead atoms. The molecular weight excluding hydrogens is 227 g/mol. The molecule has 0 saturated carbocycles. The third kappa shape index (κ3) is 3.66. The van der Waals surface area contributed by atoms with Crippen molar-refractivity contribution in [3.63, 3.8) is 0 Å². The Labute approximate surface area is 105 Å². The summed E-state index contributed by atoms with van der Waals surface area (Å²) >= 11 is 0. The minimum absolute atomic E-state index is 0.302. The van der Waals surface area contributed by atoms with E-state index < -0.39 is 0 Å². The molecule has 0 radical (unpaired) electrons. The predicted octanol–water partition coefficient (Wildman–Crippen LogP) is 3.48. The molecule has 0 saturated heterocycles. The second-order valence-corrected chi connectivity index (χ2v) is 4.94. The van der Waals surface area contributed by atoms with E-state index in [2.05, 4.69) is 45.6 Å². The van der Waals surface area contributed by atoms with Crippen LogP contribution in [0.1, 0.15) is 12.0 Å². The van der Waals surface area contributed by atoms with Gasteiger partial charge in [0.1, 0.15) is 0 Å². The highest BCUT2D eigenvalue weighted by atomic mass is 31.0. The zero-order chi connectivity index (χ0) is 12.1. The highest BCUT2D eigenvalue weighted by Gasteiger charge is 1.99. The summed E-state index contributed by atoms with van der Waals surface area (Å²) in [5, 5.41) is 9.21. The monoisotopic (exact) mass is 244 g/mol. The van der Waals surface area contributed by atoms with Gasteiger partial charge in [-0.3, -0.25) is 0 Å². The van der Waals surface area contributed by atoms with Crippen molar-refractivity contribution in [3.8, 4) is 11.1 Å². The summed E-state index contributed by atoms with van der Waals surface area (Å²) < 4.78 is 0. The molecule has 0 aliphatic carbocycles. The van der Waals surface area contributed by atoms with Gasteiger partial charge in [0.25, 0.3) is 0 Å². The third-order valence-corrected chi connectivity index (χ3v) is 3.12. The Morgan fingerprint density at radius 2 is 1.47 bits per heavy atom. The van der Waals surface area contributed by atoms with Crippen LogP contribution in [0.15, 0.2) is 54.6 Å². The SMILES string of the molecule is OC(P)CCc1ccc(-c2ccccc2)cc1. The molecule has 0 heterocycles. The molecule has 2 unspecified atom stereocenters. The number of aliphatic hydroxyl groups is 1. The Morgan fingerprint density at radius 3 is 2.06 bits per heavy atom. The lowest BCUT2D eigenvalue weighted by atomic mass is 10.0. The van der Waals surface area contributed by atoms with Crippen LogP contribution >= 0.6 is 9.24 Å². The first-order valence-electron chi connectivity index (χ1n) is 5.84. The van der Waals surface area contributed by atoms with Crippen LogP contribution in [-0.2, 0) is 6.42 Å². The third-order valence-electron chi connectivity index (χ3n) is 2.79. The maximum Gasteiger partial charge on any atom is 0.0677 e. The minimum atomic E-state index is -0.302. The number of hydrogen-bond donors (Lipinski definition) is 1. The summed E-state index contributed by atoms with van der Waals surface area (Å²) in [6.45, 7) is 0. The van der Waals surface area contributed by atoms with Crippen molar-refractivity contribution in [2.24, 2.45) is 0 Å². The highest BCUT2D eigenvalue weighted by Crippen LogP contribution is 2.20. The number of hydrogen-bond acceptors (Lipinski definition) is 1. The largest absolute Gasteiger partial charge is 0.389 e. The topological polar surface area (TPSA) is 20.2 Å². The normalized spacial score (nSPS) is 12.4. The van der Waals surface area contributed by atoms with Gasteiger partial charge in [-0.1, -0.05) is 54.6 Å².